The third kappa shape index (κ3) is 6.65. The van der Waals surface area contributed by atoms with Gasteiger partial charge in [0.15, 0.2) is 0 Å². The van der Waals surface area contributed by atoms with Crippen LogP contribution in [-0.2, 0) is 20.7 Å². The molecule has 0 spiro atoms. The van der Waals surface area contributed by atoms with Gasteiger partial charge in [0, 0.05) is 18.4 Å². The number of carbonyl (C=O) groups is 2. The zero-order valence-electron chi connectivity index (χ0n) is 18.6. The SMILES string of the molecule is CO[C@@H]1C[C@H](C(=O)Nc2cc(CC[C@H](Br)C3CC3)ccc2F)N(C(=O)OC(C)(C)C)C1. The van der Waals surface area contributed by atoms with Crippen molar-refractivity contribution in [1.82, 2.24) is 4.90 Å². The third-order valence-electron chi connectivity index (χ3n) is 5.66. The number of aryl methyl sites for hydroxylation is 1. The van der Waals surface area contributed by atoms with Gasteiger partial charge in [-0.15, -0.1) is 0 Å². The summed E-state index contributed by atoms with van der Waals surface area (Å²) in [6.07, 6.45) is 3.76. The van der Waals surface area contributed by atoms with Gasteiger partial charge in [0.25, 0.3) is 0 Å². The number of ether oxygens (including phenoxy) is 2. The summed E-state index contributed by atoms with van der Waals surface area (Å²) < 4.78 is 25.2. The predicted molar refractivity (Wildman–Crippen MR) is 121 cm³/mol. The summed E-state index contributed by atoms with van der Waals surface area (Å²) in [7, 11) is 1.54. The summed E-state index contributed by atoms with van der Waals surface area (Å²) in [4.78, 5) is 27.4. The van der Waals surface area contributed by atoms with Crippen molar-refractivity contribution in [1.29, 1.82) is 0 Å². The largest absolute Gasteiger partial charge is 0.444 e. The van der Waals surface area contributed by atoms with Crippen molar-refractivity contribution in [3.8, 4) is 0 Å². The molecular weight excluding hydrogens is 467 g/mol. The molecule has 0 bridgehead atoms. The minimum absolute atomic E-state index is 0.130. The van der Waals surface area contributed by atoms with Crippen LogP contribution in [0.25, 0.3) is 0 Å². The van der Waals surface area contributed by atoms with Crippen molar-refractivity contribution in [3.05, 3.63) is 29.6 Å². The summed E-state index contributed by atoms with van der Waals surface area (Å²) in [5.74, 6) is -0.202. The first-order chi connectivity index (χ1) is 14.6. The van der Waals surface area contributed by atoms with Crippen LogP contribution in [0.3, 0.4) is 0 Å². The lowest BCUT2D eigenvalue weighted by Crippen LogP contribution is -2.45. The van der Waals surface area contributed by atoms with Crippen LogP contribution in [0.1, 0.15) is 52.0 Å². The lowest BCUT2D eigenvalue weighted by Gasteiger charge is -2.28. The van der Waals surface area contributed by atoms with Crippen LogP contribution in [0.2, 0.25) is 0 Å². The number of amides is 2. The molecule has 1 aliphatic carbocycles. The topological polar surface area (TPSA) is 67.9 Å². The number of nitrogens with one attached hydrogen (secondary N) is 1. The van der Waals surface area contributed by atoms with Crippen LogP contribution >= 0.6 is 15.9 Å². The van der Waals surface area contributed by atoms with Crippen LogP contribution < -0.4 is 5.32 Å². The van der Waals surface area contributed by atoms with E-state index < -0.39 is 29.5 Å². The Morgan fingerprint density at radius 3 is 2.65 bits per heavy atom. The number of rotatable bonds is 7. The number of benzene rings is 1. The Hall–Kier alpha value is -1.67. The molecule has 1 aromatic carbocycles. The minimum atomic E-state index is -0.787. The molecule has 1 aromatic rings. The Bertz CT molecular complexity index is 809. The second kappa shape index (κ2) is 9.86. The molecule has 0 unspecified atom stereocenters. The van der Waals surface area contributed by atoms with E-state index in [0.29, 0.717) is 11.2 Å². The minimum Gasteiger partial charge on any atom is -0.444 e. The van der Waals surface area contributed by atoms with Crippen molar-refractivity contribution in [2.75, 3.05) is 19.0 Å². The molecule has 3 rings (SSSR count). The van der Waals surface area contributed by atoms with E-state index in [4.69, 9.17) is 9.47 Å². The van der Waals surface area contributed by atoms with Gasteiger partial charge in [-0.3, -0.25) is 9.69 Å². The molecule has 1 N–H and O–H groups in total. The number of hydrogen-bond donors (Lipinski definition) is 1. The maximum atomic E-state index is 14.4. The van der Waals surface area contributed by atoms with Gasteiger partial charge in [-0.2, -0.15) is 0 Å². The van der Waals surface area contributed by atoms with E-state index in [2.05, 4.69) is 21.2 Å². The van der Waals surface area contributed by atoms with Gasteiger partial charge in [-0.25, -0.2) is 9.18 Å². The summed E-state index contributed by atoms with van der Waals surface area (Å²) in [6, 6.07) is 4.02. The molecule has 2 amide bonds. The molecule has 1 saturated heterocycles. The van der Waals surface area contributed by atoms with Crippen LogP contribution in [0.15, 0.2) is 18.2 Å². The molecule has 0 aromatic heterocycles. The summed E-state index contributed by atoms with van der Waals surface area (Å²) in [5, 5.41) is 2.68. The van der Waals surface area contributed by atoms with E-state index in [1.54, 1.807) is 40.0 Å². The molecule has 0 radical (unpaired) electrons. The Morgan fingerprint density at radius 1 is 1.32 bits per heavy atom. The zero-order valence-corrected chi connectivity index (χ0v) is 20.2. The van der Waals surface area contributed by atoms with Gasteiger partial charge >= 0.3 is 6.09 Å². The Labute approximate surface area is 192 Å². The smallest absolute Gasteiger partial charge is 0.411 e. The molecule has 2 fully saturated rings. The second-order valence-electron chi connectivity index (χ2n) is 9.44. The fourth-order valence-electron chi connectivity index (χ4n) is 3.78. The van der Waals surface area contributed by atoms with Crippen molar-refractivity contribution in [2.24, 2.45) is 5.92 Å². The molecule has 3 atom stereocenters. The normalized spacial score (nSPS) is 22.3. The fourth-order valence-corrected chi connectivity index (χ4v) is 4.53. The van der Waals surface area contributed by atoms with Crippen LogP contribution in [-0.4, -0.2) is 53.1 Å². The maximum absolute atomic E-state index is 14.4. The van der Waals surface area contributed by atoms with Crippen LogP contribution in [0.5, 0.6) is 0 Å². The summed E-state index contributed by atoms with van der Waals surface area (Å²) in [6.45, 7) is 5.56. The van der Waals surface area contributed by atoms with E-state index in [1.807, 2.05) is 0 Å². The highest BCUT2D eigenvalue weighted by molar-refractivity contribution is 9.09. The van der Waals surface area contributed by atoms with Gasteiger partial charge in [0.05, 0.1) is 18.3 Å². The first-order valence-electron chi connectivity index (χ1n) is 10.8. The van der Waals surface area contributed by atoms with Gasteiger partial charge in [0.1, 0.15) is 17.5 Å². The van der Waals surface area contributed by atoms with Crippen molar-refractivity contribution < 1.29 is 23.5 Å². The van der Waals surface area contributed by atoms with Crippen LogP contribution in [0, 0.1) is 11.7 Å². The third-order valence-corrected chi connectivity index (χ3v) is 6.86. The zero-order chi connectivity index (χ0) is 22.8. The average Bonchev–Trinajstić information content (AvgIpc) is 3.45. The lowest BCUT2D eigenvalue weighted by molar-refractivity contribution is -0.120. The average molecular weight is 499 g/mol. The molecule has 1 heterocycles. The van der Waals surface area contributed by atoms with Crippen LogP contribution in [0.4, 0.5) is 14.9 Å². The first kappa shape index (κ1) is 24.0. The highest BCUT2D eigenvalue weighted by atomic mass is 79.9. The molecular formula is C23H32BrFN2O4. The number of alkyl halides is 1. The number of methoxy groups -OCH3 is 1. The van der Waals surface area contributed by atoms with E-state index in [1.165, 1.54) is 23.8 Å². The summed E-state index contributed by atoms with van der Waals surface area (Å²) in [5.41, 5.74) is 0.411. The quantitative estimate of drug-likeness (QED) is 0.543. The Morgan fingerprint density at radius 2 is 2.03 bits per heavy atom. The maximum Gasteiger partial charge on any atom is 0.411 e. The molecule has 8 heteroatoms. The van der Waals surface area contributed by atoms with E-state index in [0.717, 1.165) is 24.3 Å². The van der Waals surface area contributed by atoms with Gasteiger partial charge < -0.3 is 14.8 Å². The standard InChI is InChI=1S/C23H32BrFN2O4/c1-23(2,3)31-22(29)27-13-16(30-4)12-20(27)21(28)26-19-11-14(6-10-18(19)25)5-9-17(24)15-7-8-15/h6,10-11,15-17,20H,5,7-9,12-13H2,1-4H3,(H,26,28)/t16-,17+,20-/m1/s1. The second-order valence-corrected chi connectivity index (χ2v) is 10.6. The fraction of sp³-hybridized carbons (Fsp3) is 0.652. The Kier molecular flexibility index (Phi) is 7.63. The number of anilines is 1. The van der Waals surface area contributed by atoms with E-state index in [9.17, 15) is 14.0 Å². The number of hydrogen-bond acceptors (Lipinski definition) is 4. The highest BCUT2D eigenvalue weighted by Crippen LogP contribution is 2.38. The molecule has 31 heavy (non-hydrogen) atoms. The van der Waals surface area contributed by atoms with Crippen molar-refractivity contribution in [2.45, 2.75) is 75.4 Å². The predicted octanol–water partition coefficient (Wildman–Crippen LogP) is 4.89. The van der Waals surface area contributed by atoms with Crippen molar-refractivity contribution in [3.63, 3.8) is 0 Å². The number of likely N-dealkylation sites (tertiary alicyclic amines) is 1. The number of nitrogens with zero attached hydrogens (tertiary/aromatic N) is 1. The van der Waals surface area contributed by atoms with E-state index >= 15 is 0 Å². The molecule has 2 aliphatic rings. The molecule has 1 saturated carbocycles. The van der Waals surface area contributed by atoms with Gasteiger partial charge in [0.2, 0.25) is 5.91 Å². The number of carbonyl (C=O) groups excluding carboxylic acids is 2. The van der Waals surface area contributed by atoms with E-state index in [-0.39, 0.29) is 18.3 Å². The van der Waals surface area contributed by atoms with Crippen molar-refractivity contribution >= 4 is 33.6 Å². The van der Waals surface area contributed by atoms with Gasteiger partial charge in [-0.05, 0) is 70.1 Å². The number of halogens is 2. The van der Waals surface area contributed by atoms with Gasteiger partial charge in [-0.1, -0.05) is 22.0 Å². The molecule has 6 nitrogen and oxygen atoms in total. The monoisotopic (exact) mass is 498 g/mol. The molecule has 172 valence electrons. The summed E-state index contributed by atoms with van der Waals surface area (Å²) >= 11 is 3.73. The molecule has 1 aliphatic heterocycles. The highest BCUT2D eigenvalue weighted by Gasteiger charge is 2.42. The lowest BCUT2D eigenvalue weighted by atomic mass is 10.1. The first-order valence-corrected chi connectivity index (χ1v) is 11.7. The Balaban J connectivity index is 1.68.